The van der Waals surface area contributed by atoms with Crippen molar-refractivity contribution in [1.82, 2.24) is 34.7 Å². The third-order valence-electron chi connectivity index (χ3n) is 6.60. The summed E-state index contributed by atoms with van der Waals surface area (Å²) in [7, 11) is 0. The predicted octanol–water partition coefficient (Wildman–Crippen LogP) is 5.01. The van der Waals surface area contributed by atoms with Gasteiger partial charge in [-0.2, -0.15) is 5.10 Å². The average Bonchev–Trinajstić information content (AvgIpc) is 3.30. The molecule has 36 heavy (non-hydrogen) atoms. The molecule has 0 bridgehead atoms. The van der Waals surface area contributed by atoms with Crippen molar-refractivity contribution >= 4 is 33.5 Å². The molecule has 5 aromatic heterocycles. The third kappa shape index (κ3) is 3.52. The minimum atomic E-state index is 0.0687. The van der Waals surface area contributed by atoms with Crippen LogP contribution in [0, 0.1) is 12.8 Å². The van der Waals surface area contributed by atoms with Crippen molar-refractivity contribution < 1.29 is 4.79 Å². The normalized spacial score (nSPS) is 13.5. The second-order valence-corrected chi connectivity index (χ2v) is 9.26. The molecule has 7 rings (SSSR count). The average molecular weight is 475 g/mol. The Morgan fingerprint density at radius 2 is 1.97 bits per heavy atom. The van der Waals surface area contributed by atoms with Crippen LogP contribution in [0.1, 0.15) is 18.5 Å². The van der Waals surface area contributed by atoms with Crippen LogP contribution in [0.4, 0.5) is 5.69 Å². The number of nitrogens with one attached hydrogen (secondary N) is 3. The van der Waals surface area contributed by atoms with Crippen LogP contribution < -0.4 is 5.32 Å². The minimum absolute atomic E-state index is 0.0687. The maximum absolute atomic E-state index is 12.2. The number of aryl methyl sites for hydroxylation is 1. The molecule has 0 spiro atoms. The summed E-state index contributed by atoms with van der Waals surface area (Å²) in [6, 6.07) is 12.1. The Morgan fingerprint density at radius 1 is 1.06 bits per heavy atom. The van der Waals surface area contributed by atoms with Crippen LogP contribution in [0.25, 0.3) is 50.1 Å². The molecule has 5 heterocycles. The van der Waals surface area contributed by atoms with Crippen LogP contribution in [0.5, 0.6) is 0 Å². The van der Waals surface area contributed by atoms with E-state index in [0.29, 0.717) is 5.69 Å². The SMILES string of the molecule is Cc1cn(-c2ccnc3[nH]c(-c4n[nH]c5ccc(-c6cncc(NC(=O)C7CC7)c6)cc45)cc23)cn1. The second kappa shape index (κ2) is 7.88. The first kappa shape index (κ1) is 20.6. The molecule has 0 unspecified atom stereocenters. The first-order valence-corrected chi connectivity index (χ1v) is 11.9. The molecule has 0 saturated heterocycles. The van der Waals surface area contributed by atoms with Crippen LogP contribution in [-0.2, 0) is 4.79 Å². The molecule has 9 nitrogen and oxygen atoms in total. The number of rotatable bonds is 5. The topological polar surface area (TPSA) is 117 Å². The minimum Gasteiger partial charge on any atom is -0.338 e. The summed E-state index contributed by atoms with van der Waals surface area (Å²) in [6.45, 7) is 1.97. The molecule has 0 atom stereocenters. The molecule has 176 valence electrons. The molecular weight excluding hydrogens is 452 g/mol. The summed E-state index contributed by atoms with van der Waals surface area (Å²) in [6.07, 6.45) is 11.0. The van der Waals surface area contributed by atoms with Gasteiger partial charge in [0, 0.05) is 40.8 Å². The second-order valence-electron chi connectivity index (χ2n) is 9.26. The van der Waals surface area contributed by atoms with Crippen molar-refractivity contribution in [3.63, 3.8) is 0 Å². The lowest BCUT2D eigenvalue weighted by atomic mass is 10.0. The highest BCUT2D eigenvalue weighted by Crippen LogP contribution is 2.34. The van der Waals surface area contributed by atoms with Crippen molar-refractivity contribution in [3.8, 4) is 28.2 Å². The number of carbonyl (C=O) groups excluding carboxylic acids is 1. The lowest BCUT2D eigenvalue weighted by molar-refractivity contribution is -0.117. The van der Waals surface area contributed by atoms with E-state index in [4.69, 9.17) is 0 Å². The number of anilines is 1. The fourth-order valence-corrected chi connectivity index (χ4v) is 4.57. The summed E-state index contributed by atoms with van der Waals surface area (Å²) < 4.78 is 2.00. The first-order chi connectivity index (χ1) is 17.6. The van der Waals surface area contributed by atoms with Crippen molar-refractivity contribution in [3.05, 3.63) is 73.2 Å². The zero-order valence-corrected chi connectivity index (χ0v) is 19.5. The van der Waals surface area contributed by atoms with Gasteiger partial charge in [0.2, 0.25) is 5.91 Å². The Bertz CT molecular complexity index is 1770. The Labute approximate surface area is 205 Å². The van der Waals surface area contributed by atoms with Crippen LogP contribution >= 0.6 is 0 Å². The van der Waals surface area contributed by atoms with E-state index in [1.54, 1.807) is 18.6 Å². The number of benzene rings is 1. The number of fused-ring (bicyclic) bond motifs is 2. The number of aromatic amines is 2. The van der Waals surface area contributed by atoms with E-state index in [9.17, 15) is 4.79 Å². The summed E-state index contributed by atoms with van der Waals surface area (Å²) in [5, 5.41) is 12.7. The highest BCUT2D eigenvalue weighted by molar-refractivity contribution is 5.99. The Hall–Kier alpha value is -4.79. The van der Waals surface area contributed by atoms with Crippen LogP contribution in [-0.4, -0.2) is 40.6 Å². The van der Waals surface area contributed by atoms with Crippen LogP contribution in [0.15, 0.2) is 67.5 Å². The fraction of sp³-hybridized carbons (Fsp3) is 0.148. The first-order valence-electron chi connectivity index (χ1n) is 11.9. The van der Waals surface area contributed by atoms with Crippen molar-refractivity contribution in [2.45, 2.75) is 19.8 Å². The van der Waals surface area contributed by atoms with E-state index in [1.807, 2.05) is 48.3 Å². The number of amides is 1. The monoisotopic (exact) mass is 474 g/mol. The lowest BCUT2D eigenvalue weighted by Crippen LogP contribution is -2.13. The van der Waals surface area contributed by atoms with Gasteiger partial charge in [-0.15, -0.1) is 0 Å². The van der Waals surface area contributed by atoms with E-state index in [0.717, 1.165) is 68.7 Å². The molecule has 0 radical (unpaired) electrons. The van der Waals surface area contributed by atoms with Crippen LogP contribution in [0.2, 0.25) is 0 Å². The summed E-state index contributed by atoms with van der Waals surface area (Å²) >= 11 is 0. The highest BCUT2D eigenvalue weighted by Gasteiger charge is 2.29. The van der Waals surface area contributed by atoms with Gasteiger partial charge in [0.15, 0.2) is 0 Å². The fourth-order valence-electron chi connectivity index (χ4n) is 4.57. The molecular formula is C27H22N8O. The summed E-state index contributed by atoms with van der Waals surface area (Å²) in [4.78, 5) is 28.9. The molecule has 3 N–H and O–H groups in total. The van der Waals surface area contributed by atoms with E-state index in [-0.39, 0.29) is 11.8 Å². The number of carbonyl (C=O) groups is 1. The molecule has 0 aliphatic heterocycles. The maximum Gasteiger partial charge on any atom is 0.227 e. The van der Waals surface area contributed by atoms with Gasteiger partial charge in [-0.05, 0) is 55.7 Å². The van der Waals surface area contributed by atoms with Gasteiger partial charge in [0.05, 0.1) is 40.8 Å². The largest absolute Gasteiger partial charge is 0.338 e. The third-order valence-corrected chi connectivity index (χ3v) is 6.60. The summed E-state index contributed by atoms with van der Waals surface area (Å²) in [5.74, 6) is 0.210. The predicted molar refractivity (Wildman–Crippen MR) is 138 cm³/mol. The zero-order chi connectivity index (χ0) is 24.2. The van der Waals surface area contributed by atoms with Gasteiger partial charge in [0.25, 0.3) is 0 Å². The lowest BCUT2D eigenvalue weighted by Gasteiger charge is -2.07. The van der Waals surface area contributed by atoms with Gasteiger partial charge in [-0.3, -0.25) is 14.9 Å². The molecule has 1 aliphatic carbocycles. The molecule has 6 aromatic rings. The quantitative estimate of drug-likeness (QED) is 0.325. The number of hydrogen-bond donors (Lipinski definition) is 3. The molecule has 1 aromatic carbocycles. The van der Waals surface area contributed by atoms with Gasteiger partial charge in [-0.25, -0.2) is 9.97 Å². The van der Waals surface area contributed by atoms with Gasteiger partial charge in [0.1, 0.15) is 11.3 Å². The Kier molecular flexibility index (Phi) is 4.50. The number of nitrogens with zero attached hydrogens (tertiary/aromatic N) is 5. The highest BCUT2D eigenvalue weighted by atomic mass is 16.2. The Morgan fingerprint density at radius 3 is 2.81 bits per heavy atom. The smallest absolute Gasteiger partial charge is 0.227 e. The molecule has 1 fully saturated rings. The number of aromatic nitrogens is 7. The van der Waals surface area contributed by atoms with Crippen molar-refractivity contribution in [2.24, 2.45) is 5.92 Å². The van der Waals surface area contributed by atoms with Gasteiger partial charge in [-0.1, -0.05) is 6.07 Å². The van der Waals surface area contributed by atoms with Crippen molar-refractivity contribution in [2.75, 3.05) is 5.32 Å². The molecule has 9 heteroatoms. The molecule has 1 amide bonds. The number of H-pyrrole nitrogens is 2. The van der Waals surface area contributed by atoms with E-state index >= 15 is 0 Å². The van der Waals surface area contributed by atoms with Crippen LogP contribution in [0.3, 0.4) is 0 Å². The Balaban J connectivity index is 1.28. The van der Waals surface area contributed by atoms with Crippen molar-refractivity contribution in [1.29, 1.82) is 0 Å². The molecule has 1 aliphatic rings. The standard InChI is InChI=1S/C27H22N8O/c1-15-13-35(14-30-15)24-6-7-29-26-21(24)10-23(32-26)25-20-9-17(4-5-22(20)33-34-25)18-8-19(12-28-11-18)31-27(36)16-2-3-16/h4-14,16H,2-3H2,1H3,(H,29,32)(H,31,36)(H,33,34). The molecule has 1 saturated carbocycles. The number of imidazole rings is 1. The van der Waals surface area contributed by atoms with Gasteiger partial charge >= 0.3 is 0 Å². The maximum atomic E-state index is 12.2. The van der Waals surface area contributed by atoms with E-state index in [1.165, 1.54) is 0 Å². The number of pyridine rings is 2. The van der Waals surface area contributed by atoms with Gasteiger partial charge < -0.3 is 14.9 Å². The zero-order valence-electron chi connectivity index (χ0n) is 19.5. The number of hydrogen-bond acceptors (Lipinski definition) is 5. The van der Waals surface area contributed by atoms with E-state index in [2.05, 4.69) is 47.6 Å². The van der Waals surface area contributed by atoms with E-state index < -0.39 is 0 Å². The summed E-state index contributed by atoms with van der Waals surface area (Å²) in [5.41, 5.74) is 7.96.